The van der Waals surface area contributed by atoms with Gasteiger partial charge in [-0.1, -0.05) is 24.3 Å². The number of hydrogen-bond donors (Lipinski definition) is 2. The van der Waals surface area contributed by atoms with Crippen molar-refractivity contribution in [2.75, 3.05) is 18.6 Å². The first-order chi connectivity index (χ1) is 12.2. The minimum absolute atomic E-state index is 0.0742. The minimum atomic E-state index is -3.35. The molecule has 1 aromatic carbocycles. The van der Waals surface area contributed by atoms with Gasteiger partial charge in [-0.3, -0.25) is 9.59 Å². The molecule has 26 heavy (non-hydrogen) atoms. The average Bonchev–Trinajstić information content (AvgIpc) is 2.56. The third kappa shape index (κ3) is 9.79. The molecule has 0 aliphatic rings. The normalized spacial score (nSPS) is 11.4. The number of methoxy groups -OCH3 is 1. The smallest absolute Gasteiger partial charge is 0.315 e. The van der Waals surface area contributed by atoms with Gasteiger partial charge in [-0.25, -0.2) is 13.1 Å². The Balaban J connectivity index is 2.36. The molecule has 1 aromatic rings. The SMILES string of the molecule is COC(=O)CSCCC(=O)NCc1ccc(CS(=O)(=O)NC(C)C)cc1. The number of hydrogen-bond acceptors (Lipinski definition) is 6. The summed E-state index contributed by atoms with van der Waals surface area (Å²) in [4.78, 5) is 22.7. The summed E-state index contributed by atoms with van der Waals surface area (Å²) in [5.74, 6) is 0.298. The molecule has 0 spiro atoms. The number of nitrogens with one attached hydrogen (secondary N) is 2. The Kier molecular flexibility index (Phi) is 9.68. The van der Waals surface area contributed by atoms with Crippen LogP contribution in [0.1, 0.15) is 31.4 Å². The van der Waals surface area contributed by atoms with Gasteiger partial charge < -0.3 is 10.1 Å². The molecule has 0 unspecified atom stereocenters. The van der Waals surface area contributed by atoms with Crippen molar-refractivity contribution >= 4 is 33.7 Å². The van der Waals surface area contributed by atoms with Crippen LogP contribution >= 0.6 is 11.8 Å². The number of amides is 1. The second-order valence-corrected chi connectivity index (χ2v) is 8.86. The molecule has 0 fully saturated rings. The average molecular weight is 403 g/mol. The lowest BCUT2D eigenvalue weighted by atomic mass is 10.1. The van der Waals surface area contributed by atoms with Crippen LogP contribution in [0.2, 0.25) is 0 Å². The zero-order valence-corrected chi connectivity index (χ0v) is 16.9. The molecule has 0 atom stereocenters. The quantitative estimate of drug-likeness (QED) is 0.429. The molecular weight excluding hydrogens is 376 g/mol. The number of carbonyl (C=O) groups excluding carboxylic acids is 2. The highest BCUT2D eigenvalue weighted by molar-refractivity contribution is 7.99. The first-order valence-corrected chi connectivity index (χ1v) is 11.0. The Morgan fingerprint density at radius 1 is 1.15 bits per heavy atom. The van der Waals surface area contributed by atoms with E-state index in [9.17, 15) is 18.0 Å². The highest BCUT2D eigenvalue weighted by Crippen LogP contribution is 2.09. The molecule has 9 heteroatoms. The van der Waals surface area contributed by atoms with E-state index in [4.69, 9.17) is 0 Å². The fourth-order valence-corrected chi connectivity index (χ4v) is 4.23. The van der Waals surface area contributed by atoms with Gasteiger partial charge in [-0.2, -0.15) is 0 Å². The standard InChI is InChI=1S/C17H26N2O5S2/c1-13(2)19-26(22,23)12-15-6-4-14(5-7-15)10-18-16(20)8-9-25-11-17(21)24-3/h4-7,13,19H,8-12H2,1-3H3,(H,18,20). The Morgan fingerprint density at radius 2 is 1.77 bits per heavy atom. The zero-order valence-electron chi connectivity index (χ0n) is 15.3. The zero-order chi connectivity index (χ0) is 19.6. The molecule has 0 radical (unpaired) electrons. The largest absolute Gasteiger partial charge is 0.468 e. The molecule has 7 nitrogen and oxygen atoms in total. The molecule has 0 saturated heterocycles. The minimum Gasteiger partial charge on any atom is -0.468 e. The highest BCUT2D eigenvalue weighted by atomic mass is 32.2. The van der Waals surface area contributed by atoms with Gasteiger partial charge in [-0.05, 0) is 25.0 Å². The molecule has 1 amide bonds. The lowest BCUT2D eigenvalue weighted by Gasteiger charge is -2.10. The maximum absolute atomic E-state index is 11.9. The molecule has 2 N–H and O–H groups in total. The van der Waals surface area contributed by atoms with Gasteiger partial charge in [0.25, 0.3) is 0 Å². The second kappa shape index (κ2) is 11.2. The van der Waals surface area contributed by atoms with Crippen LogP contribution in [-0.2, 0) is 36.6 Å². The summed E-state index contributed by atoms with van der Waals surface area (Å²) in [6, 6.07) is 6.94. The number of esters is 1. The summed E-state index contributed by atoms with van der Waals surface area (Å²) < 4.78 is 30.9. The summed E-state index contributed by atoms with van der Waals surface area (Å²) in [5, 5.41) is 2.80. The fraction of sp³-hybridized carbons (Fsp3) is 0.529. The summed E-state index contributed by atoms with van der Waals surface area (Å²) >= 11 is 1.35. The molecule has 146 valence electrons. The number of sulfonamides is 1. The van der Waals surface area contributed by atoms with Crippen LogP contribution < -0.4 is 10.0 Å². The van der Waals surface area contributed by atoms with E-state index in [1.165, 1.54) is 18.9 Å². The number of thioether (sulfide) groups is 1. The van der Waals surface area contributed by atoms with Gasteiger partial charge in [0, 0.05) is 24.8 Å². The molecule has 0 aromatic heterocycles. The molecular formula is C17H26N2O5S2. The van der Waals surface area contributed by atoms with E-state index in [1.807, 2.05) is 0 Å². The van der Waals surface area contributed by atoms with Crippen LogP contribution in [0.5, 0.6) is 0 Å². The first-order valence-electron chi connectivity index (χ1n) is 8.21. The lowest BCUT2D eigenvalue weighted by Crippen LogP contribution is -2.31. The van der Waals surface area contributed by atoms with Crippen LogP contribution in [-0.4, -0.2) is 45.0 Å². The summed E-state index contributed by atoms with van der Waals surface area (Å²) in [6.45, 7) is 3.92. The van der Waals surface area contributed by atoms with Crippen molar-refractivity contribution < 1.29 is 22.7 Å². The van der Waals surface area contributed by atoms with Crippen molar-refractivity contribution in [3.8, 4) is 0 Å². The van der Waals surface area contributed by atoms with Crippen LogP contribution in [0.4, 0.5) is 0 Å². The van der Waals surface area contributed by atoms with Crippen LogP contribution in [0.25, 0.3) is 0 Å². The van der Waals surface area contributed by atoms with E-state index in [1.54, 1.807) is 38.1 Å². The monoisotopic (exact) mass is 402 g/mol. The molecule has 0 aliphatic heterocycles. The number of carbonyl (C=O) groups is 2. The van der Waals surface area contributed by atoms with Gasteiger partial charge in [0.15, 0.2) is 0 Å². The first kappa shape index (κ1) is 22.5. The highest BCUT2D eigenvalue weighted by Gasteiger charge is 2.12. The molecule has 0 aliphatic carbocycles. The Bertz CT molecular complexity index is 688. The van der Waals surface area contributed by atoms with Gasteiger partial charge in [-0.15, -0.1) is 11.8 Å². The number of ether oxygens (including phenoxy) is 1. The summed E-state index contributed by atoms with van der Waals surface area (Å²) in [5.41, 5.74) is 1.57. The topological polar surface area (TPSA) is 102 Å². The molecule has 0 heterocycles. The van der Waals surface area contributed by atoms with Crippen molar-refractivity contribution in [3.05, 3.63) is 35.4 Å². The Labute approximate surface area is 159 Å². The van der Waals surface area contributed by atoms with E-state index in [0.717, 1.165) is 5.56 Å². The van der Waals surface area contributed by atoms with E-state index in [0.29, 0.717) is 24.3 Å². The van der Waals surface area contributed by atoms with Crippen LogP contribution in [0.15, 0.2) is 24.3 Å². The van der Waals surface area contributed by atoms with Crippen molar-refractivity contribution in [2.45, 2.75) is 38.6 Å². The molecule has 1 rings (SSSR count). The van der Waals surface area contributed by atoms with E-state index >= 15 is 0 Å². The molecule has 0 saturated carbocycles. The third-order valence-electron chi connectivity index (χ3n) is 3.21. The fourth-order valence-electron chi connectivity index (χ4n) is 2.04. The van der Waals surface area contributed by atoms with Gasteiger partial charge in [0.1, 0.15) is 0 Å². The number of benzene rings is 1. The lowest BCUT2D eigenvalue weighted by molar-refractivity contribution is -0.137. The van der Waals surface area contributed by atoms with Crippen molar-refractivity contribution in [1.82, 2.24) is 10.0 Å². The van der Waals surface area contributed by atoms with Crippen molar-refractivity contribution in [3.63, 3.8) is 0 Å². The second-order valence-electron chi connectivity index (χ2n) is 6.00. The van der Waals surface area contributed by atoms with Gasteiger partial charge in [0.2, 0.25) is 15.9 Å². The third-order valence-corrected chi connectivity index (χ3v) is 5.68. The summed E-state index contributed by atoms with van der Waals surface area (Å²) in [6.07, 6.45) is 0.318. The van der Waals surface area contributed by atoms with Gasteiger partial charge in [0.05, 0.1) is 18.6 Å². The van der Waals surface area contributed by atoms with E-state index < -0.39 is 10.0 Å². The maximum atomic E-state index is 11.9. The van der Waals surface area contributed by atoms with Crippen molar-refractivity contribution in [1.29, 1.82) is 0 Å². The summed E-state index contributed by atoms with van der Waals surface area (Å²) in [7, 11) is -2.02. The molecule has 0 bridgehead atoms. The Morgan fingerprint density at radius 3 is 2.35 bits per heavy atom. The number of rotatable bonds is 11. The van der Waals surface area contributed by atoms with Crippen LogP contribution in [0, 0.1) is 0 Å². The predicted octanol–water partition coefficient (Wildman–Crippen LogP) is 1.43. The Hall–Kier alpha value is -1.58. The van der Waals surface area contributed by atoms with Crippen molar-refractivity contribution in [2.24, 2.45) is 0 Å². The van der Waals surface area contributed by atoms with Crippen LogP contribution in [0.3, 0.4) is 0 Å². The van der Waals surface area contributed by atoms with E-state index in [2.05, 4.69) is 14.8 Å². The maximum Gasteiger partial charge on any atom is 0.315 e. The van der Waals surface area contributed by atoms with Gasteiger partial charge >= 0.3 is 5.97 Å². The van der Waals surface area contributed by atoms with E-state index in [-0.39, 0.29) is 29.4 Å². The predicted molar refractivity (Wildman–Crippen MR) is 103 cm³/mol.